The fraction of sp³-hybridized carbons (Fsp3) is 0.400. The topological polar surface area (TPSA) is 0 Å². The van der Waals surface area contributed by atoms with Gasteiger partial charge in [0.15, 0.2) is 0 Å². The number of rotatable bonds is 2. The molecule has 0 atom stereocenters. The van der Waals surface area contributed by atoms with Crippen LogP contribution in [-0.2, 0) is 6.42 Å². The van der Waals surface area contributed by atoms with E-state index in [4.69, 9.17) is 0 Å². The Hall–Kier alpha value is -0.850. The first kappa shape index (κ1) is 8.25. The molecule has 0 heterocycles. The molecule has 0 nitrogen and oxygen atoms in total. The van der Waals surface area contributed by atoms with Gasteiger partial charge in [-0.15, -0.1) is 0 Å². The van der Waals surface area contributed by atoms with Crippen molar-refractivity contribution in [2.45, 2.75) is 26.7 Å². The second kappa shape index (κ2) is 3.51. The van der Waals surface area contributed by atoms with Crippen LogP contribution in [0.15, 0.2) is 18.2 Å². The third kappa shape index (κ3) is 2.04. The van der Waals surface area contributed by atoms with Gasteiger partial charge in [0.05, 0.1) is 0 Å². The molecule has 11 heavy (non-hydrogen) atoms. The molecule has 0 spiro atoms. The van der Waals surface area contributed by atoms with Crippen molar-refractivity contribution in [2.24, 2.45) is 0 Å². The molecule has 60 valence electrons. The van der Waals surface area contributed by atoms with E-state index in [1.54, 1.807) is 13.0 Å². The Bertz CT molecular complexity index is 241. The molecule has 0 aliphatic heterocycles. The van der Waals surface area contributed by atoms with Crippen LogP contribution in [0.4, 0.5) is 4.39 Å². The maximum atomic E-state index is 12.9. The summed E-state index contributed by atoms with van der Waals surface area (Å²) in [6.45, 7) is 3.88. The van der Waals surface area contributed by atoms with Crippen LogP contribution in [0.25, 0.3) is 0 Å². The molecule has 0 aliphatic rings. The van der Waals surface area contributed by atoms with Gasteiger partial charge in [-0.05, 0) is 30.5 Å². The summed E-state index contributed by atoms with van der Waals surface area (Å²) in [6.07, 6.45) is 2.04. The third-order valence-corrected chi connectivity index (χ3v) is 1.77. The summed E-state index contributed by atoms with van der Waals surface area (Å²) in [6, 6.07) is 5.45. The van der Waals surface area contributed by atoms with E-state index < -0.39 is 0 Å². The quantitative estimate of drug-likeness (QED) is 0.611. The van der Waals surface area contributed by atoms with Crippen molar-refractivity contribution >= 4 is 0 Å². The van der Waals surface area contributed by atoms with Gasteiger partial charge in [0.25, 0.3) is 0 Å². The molecule has 0 unspecified atom stereocenters. The molecular weight excluding hydrogens is 139 g/mol. The van der Waals surface area contributed by atoms with E-state index in [2.05, 4.69) is 6.92 Å². The van der Waals surface area contributed by atoms with Gasteiger partial charge in [-0.25, -0.2) is 4.39 Å². The molecule has 0 N–H and O–H groups in total. The first-order valence-corrected chi connectivity index (χ1v) is 3.99. The third-order valence-electron chi connectivity index (χ3n) is 1.77. The van der Waals surface area contributed by atoms with Crippen molar-refractivity contribution < 1.29 is 4.39 Å². The maximum absolute atomic E-state index is 12.9. The van der Waals surface area contributed by atoms with Crippen molar-refractivity contribution in [3.8, 4) is 0 Å². The minimum absolute atomic E-state index is 0.0871. The van der Waals surface area contributed by atoms with Gasteiger partial charge in [-0.3, -0.25) is 0 Å². The van der Waals surface area contributed by atoms with Crippen molar-refractivity contribution in [2.75, 3.05) is 0 Å². The highest BCUT2D eigenvalue weighted by atomic mass is 19.1. The van der Waals surface area contributed by atoms with E-state index >= 15 is 0 Å². The summed E-state index contributed by atoms with van der Waals surface area (Å²) in [5.41, 5.74) is 1.82. The van der Waals surface area contributed by atoms with Crippen molar-refractivity contribution in [3.63, 3.8) is 0 Å². The van der Waals surface area contributed by atoms with E-state index in [0.717, 1.165) is 24.0 Å². The van der Waals surface area contributed by atoms with Gasteiger partial charge in [0.1, 0.15) is 5.82 Å². The van der Waals surface area contributed by atoms with Gasteiger partial charge in [-0.2, -0.15) is 0 Å². The molecule has 0 amide bonds. The van der Waals surface area contributed by atoms with Crippen LogP contribution >= 0.6 is 0 Å². The standard InChI is InChI=1S/C10H13F/c1-3-4-9-6-5-8(2)10(11)7-9/h5-7H,3-4H2,1-2H3. The van der Waals surface area contributed by atoms with Crippen LogP contribution in [0.1, 0.15) is 24.5 Å². The normalized spacial score (nSPS) is 10.1. The van der Waals surface area contributed by atoms with Gasteiger partial charge < -0.3 is 0 Å². The molecule has 0 aromatic heterocycles. The average Bonchev–Trinajstić information content (AvgIpc) is 1.98. The molecule has 1 aromatic carbocycles. The summed E-state index contributed by atoms with van der Waals surface area (Å²) in [5, 5.41) is 0. The minimum atomic E-state index is -0.0871. The molecule has 0 bridgehead atoms. The van der Waals surface area contributed by atoms with E-state index in [0.29, 0.717) is 0 Å². The van der Waals surface area contributed by atoms with E-state index in [-0.39, 0.29) is 5.82 Å². The Balaban J connectivity index is 2.86. The van der Waals surface area contributed by atoms with Crippen molar-refractivity contribution in [3.05, 3.63) is 35.1 Å². The monoisotopic (exact) mass is 152 g/mol. The zero-order chi connectivity index (χ0) is 8.27. The van der Waals surface area contributed by atoms with Gasteiger partial charge in [0, 0.05) is 0 Å². The first-order valence-electron chi connectivity index (χ1n) is 3.99. The van der Waals surface area contributed by atoms with Crippen LogP contribution in [0.3, 0.4) is 0 Å². The molecule has 0 saturated heterocycles. The fourth-order valence-corrected chi connectivity index (χ4v) is 1.08. The maximum Gasteiger partial charge on any atom is 0.126 e. The fourth-order valence-electron chi connectivity index (χ4n) is 1.08. The van der Waals surface area contributed by atoms with E-state index in [9.17, 15) is 4.39 Å². The lowest BCUT2D eigenvalue weighted by molar-refractivity contribution is 0.615. The molecule has 0 radical (unpaired) electrons. The summed E-state index contributed by atoms with van der Waals surface area (Å²) in [5.74, 6) is -0.0871. The second-order valence-corrected chi connectivity index (χ2v) is 2.83. The number of halogens is 1. The zero-order valence-electron chi connectivity index (χ0n) is 7.02. The van der Waals surface area contributed by atoms with E-state index in [1.165, 1.54) is 0 Å². The molecule has 0 fully saturated rings. The second-order valence-electron chi connectivity index (χ2n) is 2.83. The Morgan fingerprint density at radius 1 is 1.36 bits per heavy atom. The molecule has 0 saturated carbocycles. The van der Waals surface area contributed by atoms with Crippen LogP contribution in [-0.4, -0.2) is 0 Å². The predicted molar refractivity (Wildman–Crippen MR) is 45.1 cm³/mol. The Labute approximate surface area is 67.1 Å². The number of benzene rings is 1. The molecule has 1 rings (SSSR count). The summed E-state index contributed by atoms with van der Waals surface area (Å²) in [7, 11) is 0. The highest BCUT2D eigenvalue weighted by Crippen LogP contribution is 2.10. The average molecular weight is 152 g/mol. The van der Waals surface area contributed by atoms with Crippen LogP contribution in [0, 0.1) is 12.7 Å². The number of aryl methyl sites for hydroxylation is 2. The lowest BCUT2D eigenvalue weighted by Crippen LogP contribution is -1.87. The Morgan fingerprint density at radius 3 is 2.64 bits per heavy atom. The van der Waals surface area contributed by atoms with Crippen LogP contribution < -0.4 is 0 Å². The number of hydrogen-bond donors (Lipinski definition) is 0. The molecule has 1 aromatic rings. The van der Waals surface area contributed by atoms with E-state index in [1.807, 2.05) is 12.1 Å². The van der Waals surface area contributed by atoms with Crippen LogP contribution in [0.2, 0.25) is 0 Å². The first-order chi connectivity index (χ1) is 5.24. The predicted octanol–water partition coefficient (Wildman–Crippen LogP) is 3.09. The molecular formula is C10H13F. The highest BCUT2D eigenvalue weighted by molar-refractivity contribution is 5.23. The SMILES string of the molecule is CCCc1ccc(C)c(F)c1. The zero-order valence-corrected chi connectivity index (χ0v) is 7.02. The smallest absolute Gasteiger partial charge is 0.126 e. The Kier molecular flexibility index (Phi) is 2.64. The molecule has 0 aliphatic carbocycles. The summed E-state index contributed by atoms with van der Waals surface area (Å²) < 4.78 is 12.9. The minimum Gasteiger partial charge on any atom is -0.207 e. The lowest BCUT2D eigenvalue weighted by atomic mass is 10.1. The van der Waals surface area contributed by atoms with Gasteiger partial charge in [-0.1, -0.05) is 25.5 Å². The lowest BCUT2D eigenvalue weighted by Gasteiger charge is -2.00. The van der Waals surface area contributed by atoms with Gasteiger partial charge in [0.2, 0.25) is 0 Å². The van der Waals surface area contributed by atoms with Gasteiger partial charge >= 0.3 is 0 Å². The molecule has 1 heteroatoms. The van der Waals surface area contributed by atoms with Crippen LogP contribution in [0.5, 0.6) is 0 Å². The Morgan fingerprint density at radius 2 is 2.09 bits per heavy atom. The number of hydrogen-bond acceptors (Lipinski definition) is 0. The summed E-state index contributed by atoms with van der Waals surface area (Å²) in [4.78, 5) is 0. The highest BCUT2D eigenvalue weighted by Gasteiger charge is 1.97. The van der Waals surface area contributed by atoms with Crippen molar-refractivity contribution in [1.82, 2.24) is 0 Å². The largest absolute Gasteiger partial charge is 0.207 e. The summed E-state index contributed by atoms with van der Waals surface area (Å²) >= 11 is 0. The van der Waals surface area contributed by atoms with Crippen molar-refractivity contribution in [1.29, 1.82) is 0 Å².